The van der Waals surface area contributed by atoms with Gasteiger partial charge in [-0.05, 0) is 29.8 Å². The van der Waals surface area contributed by atoms with Crippen molar-refractivity contribution in [2.75, 3.05) is 27.1 Å². The maximum atomic E-state index is 11.0. The summed E-state index contributed by atoms with van der Waals surface area (Å²) in [5.41, 5.74) is 10.9. The van der Waals surface area contributed by atoms with Crippen LogP contribution in [-0.2, 0) is 6.54 Å². The number of rotatable bonds is 6. The molecule has 0 unspecified atom stereocenters. The van der Waals surface area contributed by atoms with Crippen LogP contribution in [0.25, 0.3) is 32.9 Å². The standard InChI is InChI=1S/C26H24N4O4/c1-32-20-10-9-15(12-21(20)33-2)13-30-14-19-22(26(30)31)23(27)18-7-4-6-16(24(18)29-19)17-8-5-11-28-25(17)34-3/h4-12,14,31H,13,27H2,1-3H3. The first-order chi connectivity index (χ1) is 16.5. The molecular formula is C26H24N4O4. The molecule has 3 aromatic heterocycles. The van der Waals surface area contributed by atoms with Gasteiger partial charge in [0.25, 0.3) is 0 Å². The molecule has 0 amide bonds. The smallest absolute Gasteiger partial charge is 0.221 e. The third-order valence-electron chi connectivity index (χ3n) is 5.91. The first kappa shape index (κ1) is 21.4. The fraction of sp³-hybridized carbons (Fsp3) is 0.154. The van der Waals surface area contributed by atoms with Gasteiger partial charge in [0.2, 0.25) is 11.8 Å². The van der Waals surface area contributed by atoms with E-state index in [-0.39, 0.29) is 5.88 Å². The highest BCUT2D eigenvalue weighted by molar-refractivity contribution is 6.12. The Morgan fingerprint density at radius 3 is 2.50 bits per heavy atom. The van der Waals surface area contributed by atoms with Crippen molar-refractivity contribution in [1.29, 1.82) is 0 Å². The summed E-state index contributed by atoms with van der Waals surface area (Å²) >= 11 is 0. The van der Waals surface area contributed by atoms with E-state index in [0.29, 0.717) is 46.0 Å². The van der Waals surface area contributed by atoms with E-state index in [1.165, 1.54) is 0 Å². The Bertz CT molecular complexity index is 1530. The molecule has 172 valence electrons. The van der Waals surface area contributed by atoms with E-state index in [9.17, 15) is 5.11 Å². The zero-order valence-electron chi connectivity index (χ0n) is 19.1. The molecular weight excluding hydrogens is 432 g/mol. The van der Waals surface area contributed by atoms with Gasteiger partial charge >= 0.3 is 0 Å². The molecule has 3 N–H and O–H groups in total. The molecule has 0 atom stereocenters. The normalized spacial score (nSPS) is 11.1. The van der Waals surface area contributed by atoms with Crippen LogP contribution in [0.4, 0.5) is 5.69 Å². The van der Waals surface area contributed by atoms with Gasteiger partial charge in [-0.25, -0.2) is 9.97 Å². The molecule has 0 saturated carbocycles. The van der Waals surface area contributed by atoms with Crippen molar-refractivity contribution in [3.63, 3.8) is 0 Å². The summed E-state index contributed by atoms with van der Waals surface area (Å²) in [6.45, 7) is 0.404. The molecule has 8 nitrogen and oxygen atoms in total. The minimum atomic E-state index is 0.0565. The lowest BCUT2D eigenvalue weighted by Gasteiger charge is -2.11. The molecule has 0 aliphatic carbocycles. The van der Waals surface area contributed by atoms with Gasteiger partial charge in [0, 0.05) is 28.9 Å². The highest BCUT2D eigenvalue weighted by atomic mass is 16.5. The average Bonchev–Trinajstić information content (AvgIpc) is 3.18. The summed E-state index contributed by atoms with van der Waals surface area (Å²) in [7, 11) is 4.77. The predicted molar refractivity (Wildman–Crippen MR) is 132 cm³/mol. The minimum Gasteiger partial charge on any atom is -0.494 e. The Morgan fingerprint density at radius 1 is 0.941 bits per heavy atom. The van der Waals surface area contributed by atoms with Crippen molar-refractivity contribution < 1.29 is 19.3 Å². The summed E-state index contributed by atoms with van der Waals surface area (Å²) in [5.74, 6) is 1.82. The van der Waals surface area contributed by atoms with Gasteiger partial charge in [0.1, 0.15) is 0 Å². The number of fused-ring (bicyclic) bond motifs is 2. The molecule has 34 heavy (non-hydrogen) atoms. The van der Waals surface area contributed by atoms with Gasteiger partial charge in [-0.2, -0.15) is 0 Å². The summed E-state index contributed by atoms with van der Waals surface area (Å²) in [4.78, 5) is 9.20. The Hall–Kier alpha value is -4.46. The zero-order chi connectivity index (χ0) is 23.8. The van der Waals surface area contributed by atoms with Gasteiger partial charge < -0.3 is 29.6 Å². The highest BCUT2D eigenvalue weighted by Crippen LogP contribution is 2.40. The number of anilines is 1. The van der Waals surface area contributed by atoms with Crippen LogP contribution in [0.15, 0.2) is 60.9 Å². The van der Waals surface area contributed by atoms with E-state index in [1.807, 2.05) is 48.5 Å². The minimum absolute atomic E-state index is 0.0565. The van der Waals surface area contributed by atoms with E-state index in [0.717, 1.165) is 22.1 Å². The van der Waals surface area contributed by atoms with Gasteiger partial charge in [0.15, 0.2) is 11.5 Å². The van der Waals surface area contributed by atoms with Crippen LogP contribution in [0.2, 0.25) is 0 Å². The molecule has 0 saturated heterocycles. The molecule has 0 aliphatic heterocycles. The lowest BCUT2D eigenvalue weighted by atomic mass is 10.0. The lowest BCUT2D eigenvalue weighted by Crippen LogP contribution is -1.99. The van der Waals surface area contributed by atoms with Crippen LogP contribution in [0.3, 0.4) is 0 Å². The van der Waals surface area contributed by atoms with Crippen LogP contribution >= 0.6 is 0 Å². The van der Waals surface area contributed by atoms with Crippen molar-refractivity contribution in [1.82, 2.24) is 14.5 Å². The molecule has 5 aromatic rings. The van der Waals surface area contributed by atoms with E-state index < -0.39 is 0 Å². The van der Waals surface area contributed by atoms with Crippen molar-refractivity contribution in [2.45, 2.75) is 6.54 Å². The maximum Gasteiger partial charge on any atom is 0.221 e. The van der Waals surface area contributed by atoms with Crippen molar-refractivity contribution >= 4 is 27.5 Å². The summed E-state index contributed by atoms with van der Waals surface area (Å²) < 4.78 is 17.9. The first-order valence-corrected chi connectivity index (χ1v) is 10.7. The number of para-hydroxylation sites is 1. The summed E-state index contributed by atoms with van der Waals surface area (Å²) in [6, 6.07) is 15.2. The summed E-state index contributed by atoms with van der Waals surface area (Å²) in [5, 5.41) is 12.3. The van der Waals surface area contributed by atoms with Gasteiger partial charge in [-0.1, -0.05) is 24.3 Å². The highest BCUT2D eigenvalue weighted by Gasteiger charge is 2.19. The molecule has 0 bridgehead atoms. The Morgan fingerprint density at radius 2 is 1.74 bits per heavy atom. The third-order valence-corrected chi connectivity index (χ3v) is 5.91. The number of pyridine rings is 2. The number of hydrogen-bond acceptors (Lipinski definition) is 7. The topological polar surface area (TPSA) is 105 Å². The number of ether oxygens (including phenoxy) is 3. The van der Waals surface area contributed by atoms with Crippen LogP contribution < -0.4 is 19.9 Å². The number of methoxy groups -OCH3 is 3. The number of aromatic nitrogens is 3. The molecule has 0 aliphatic rings. The molecule has 0 fully saturated rings. The average molecular weight is 457 g/mol. The van der Waals surface area contributed by atoms with Gasteiger partial charge in [0.05, 0.1) is 50.0 Å². The number of nitrogens with zero attached hydrogens (tertiary/aromatic N) is 3. The van der Waals surface area contributed by atoms with Gasteiger partial charge in [-0.3, -0.25) is 0 Å². The number of benzene rings is 2. The Kier molecular flexibility index (Phi) is 5.33. The molecule has 5 rings (SSSR count). The molecule has 0 radical (unpaired) electrons. The molecule has 0 spiro atoms. The van der Waals surface area contributed by atoms with Crippen molar-refractivity contribution in [2.24, 2.45) is 0 Å². The largest absolute Gasteiger partial charge is 0.494 e. The number of nitrogens with two attached hydrogens (primary N) is 1. The fourth-order valence-corrected chi connectivity index (χ4v) is 4.28. The van der Waals surface area contributed by atoms with Crippen molar-refractivity contribution in [3.05, 3.63) is 66.5 Å². The monoisotopic (exact) mass is 456 g/mol. The second-order valence-electron chi connectivity index (χ2n) is 7.82. The van der Waals surface area contributed by atoms with Crippen LogP contribution in [0.5, 0.6) is 23.3 Å². The molecule has 8 heteroatoms. The number of nitrogen functional groups attached to an aromatic ring is 1. The Labute approximate surface area is 196 Å². The number of aromatic hydroxyl groups is 1. The number of hydrogen-bond donors (Lipinski definition) is 2. The van der Waals surface area contributed by atoms with Gasteiger partial charge in [-0.15, -0.1) is 0 Å². The van der Waals surface area contributed by atoms with E-state index in [4.69, 9.17) is 24.9 Å². The van der Waals surface area contributed by atoms with E-state index in [2.05, 4.69) is 4.98 Å². The maximum absolute atomic E-state index is 11.0. The zero-order valence-corrected chi connectivity index (χ0v) is 19.1. The molecule has 2 aromatic carbocycles. The second kappa shape index (κ2) is 8.47. The third kappa shape index (κ3) is 3.40. The van der Waals surface area contributed by atoms with Crippen LogP contribution in [-0.4, -0.2) is 41.0 Å². The molecule has 3 heterocycles. The summed E-state index contributed by atoms with van der Waals surface area (Å²) in [6.07, 6.45) is 3.48. The van der Waals surface area contributed by atoms with Crippen LogP contribution in [0, 0.1) is 0 Å². The quantitative estimate of drug-likeness (QED) is 0.384. The first-order valence-electron chi connectivity index (χ1n) is 10.7. The second-order valence-corrected chi connectivity index (χ2v) is 7.82. The van der Waals surface area contributed by atoms with Crippen molar-refractivity contribution in [3.8, 4) is 34.4 Å². The SMILES string of the molecule is COc1ccc(Cn2cc3nc4c(-c5cccnc5OC)cccc4c(N)c3c2O)cc1OC. The van der Waals surface area contributed by atoms with Crippen LogP contribution in [0.1, 0.15) is 5.56 Å². The predicted octanol–water partition coefficient (Wildman–Crippen LogP) is 4.61. The fourth-order valence-electron chi connectivity index (χ4n) is 4.28. The Balaban J connectivity index is 1.66. The van der Waals surface area contributed by atoms with E-state index in [1.54, 1.807) is 38.3 Å². The lowest BCUT2D eigenvalue weighted by molar-refractivity contribution is 0.354. The van der Waals surface area contributed by atoms with E-state index >= 15 is 0 Å².